The van der Waals surface area contributed by atoms with Crippen molar-refractivity contribution in [3.63, 3.8) is 0 Å². The normalized spacial score (nSPS) is 14.4. The van der Waals surface area contributed by atoms with Gasteiger partial charge in [0.2, 0.25) is 0 Å². The van der Waals surface area contributed by atoms with E-state index in [2.05, 4.69) is 235 Å². The number of fused-ring (bicyclic) bond motifs is 11. The number of benzene rings is 10. The Hall–Kier alpha value is -7.74. The Kier molecular flexibility index (Phi) is 9.24. The second kappa shape index (κ2) is 15.8. The lowest BCUT2D eigenvalue weighted by molar-refractivity contribution is 0.443. The number of nitrogens with zero attached hydrogens (tertiary/aromatic N) is 1. The number of anilines is 3. The molecule has 3 aliphatic carbocycles. The first-order valence-electron chi connectivity index (χ1n) is 23.9. The first-order chi connectivity index (χ1) is 32.8. The zero-order valence-electron chi connectivity index (χ0n) is 37.0. The highest BCUT2D eigenvalue weighted by molar-refractivity contribution is 6.07. The van der Waals surface area contributed by atoms with Crippen molar-refractivity contribution < 1.29 is 0 Å². The topological polar surface area (TPSA) is 3.24 Å². The monoisotopic (exact) mass is 843 g/mol. The van der Waals surface area contributed by atoms with E-state index in [9.17, 15) is 0 Å². The lowest BCUT2D eigenvalue weighted by Gasteiger charge is -2.32. The Bertz CT molecular complexity index is 3390. The van der Waals surface area contributed by atoms with E-state index in [1.54, 1.807) is 0 Å². The molecule has 1 spiro atoms. The molecule has 1 nitrogen and oxygen atoms in total. The van der Waals surface area contributed by atoms with Gasteiger partial charge in [0.1, 0.15) is 0 Å². The number of hydrogen-bond donors (Lipinski definition) is 0. The predicted octanol–water partition coefficient (Wildman–Crippen LogP) is 17.7. The summed E-state index contributed by atoms with van der Waals surface area (Å²) in [5.41, 5.74) is 22.4. The van der Waals surface area contributed by atoms with Crippen molar-refractivity contribution in [2.24, 2.45) is 0 Å². The molecule has 10 aromatic carbocycles. The summed E-state index contributed by atoms with van der Waals surface area (Å²) in [7, 11) is 0. The van der Waals surface area contributed by atoms with Gasteiger partial charge < -0.3 is 4.90 Å². The first-order valence-corrected chi connectivity index (χ1v) is 23.9. The van der Waals surface area contributed by atoms with Crippen LogP contribution in [0.4, 0.5) is 17.1 Å². The van der Waals surface area contributed by atoms with Crippen LogP contribution in [0.3, 0.4) is 0 Å². The molecule has 0 heterocycles. The molecule has 3 aliphatic rings. The van der Waals surface area contributed by atoms with Crippen molar-refractivity contribution in [3.8, 4) is 55.6 Å². The molecule has 66 heavy (non-hydrogen) atoms. The standard InChI is InChI=1S/C65H49N/c1-3-17-44(18-4-1)45-35-37-46(38-36-45)47-39-41-51(42-40-47)66(52-24-13-23-50(43-52)54-29-15-22-49-21-14-28-53(63(49)54)48-19-5-2-6-20-48)62-34-16-33-61-64(62)57-27-9-12-32-60(57)65(61)58-30-10-7-25-55(58)56-26-8-11-31-59(56)65/h2,5-16,19-44H,1,3-4,17-18H2. The summed E-state index contributed by atoms with van der Waals surface area (Å²) in [6.45, 7) is 0. The third-order valence-corrected chi connectivity index (χ3v) is 15.1. The van der Waals surface area contributed by atoms with Gasteiger partial charge in [0.05, 0.1) is 11.1 Å². The van der Waals surface area contributed by atoms with Crippen LogP contribution in [-0.4, -0.2) is 0 Å². The summed E-state index contributed by atoms with van der Waals surface area (Å²) in [6.07, 6.45) is 6.70. The number of hydrogen-bond acceptors (Lipinski definition) is 1. The smallest absolute Gasteiger partial charge is 0.0726 e. The van der Waals surface area contributed by atoms with Crippen LogP contribution in [0, 0.1) is 0 Å². The van der Waals surface area contributed by atoms with Gasteiger partial charge in [-0.3, -0.25) is 0 Å². The molecule has 1 heteroatoms. The molecule has 0 N–H and O–H groups in total. The minimum Gasteiger partial charge on any atom is -0.310 e. The molecule has 0 bridgehead atoms. The Labute approximate surface area is 388 Å². The van der Waals surface area contributed by atoms with Crippen LogP contribution in [0.15, 0.2) is 231 Å². The van der Waals surface area contributed by atoms with Crippen molar-refractivity contribution in [3.05, 3.63) is 258 Å². The highest BCUT2D eigenvalue weighted by atomic mass is 15.1. The third kappa shape index (κ3) is 6.00. The van der Waals surface area contributed by atoms with Gasteiger partial charge in [-0.25, -0.2) is 0 Å². The maximum absolute atomic E-state index is 2.52. The molecule has 0 aromatic heterocycles. The van der Waals surface area contributed by atoms with Crippen LogP contribution in [0.25, 0.3) is 66.4 Å². The maximum Gasteiger partial charge on any atom is 0.0726 e. The van der Waals surface area contributed by atoms with Crippen molar-refractivity contribution in [2.75, 3.05) is 4.90 Å². The van der Waals surface area contributed by atoms with E-state index in [1.807, 2.05) is 0 Å². The Morgan fingerprint density at radius 1 is 0.348 bits per heavy atom. The fraction of sp³-hybridized carbons (Fsp3) is 0.108. The van der Waals surface area contributed by atoms with Gasteiger partial charge in [-0.15, -0.1) is 0 Å². The highest BCUT2D eigenvalue weighted by Gasteiger charge is 2.52. The molecule has 0 atom stereocenters. The van der Waals surface area contributed by atoms with Crippen LogP contribution >= 0.6 is 0 Å². The van der Waals surface area contributed by atoms with Crippen LogP contribution in [0.1, 0.15) is 65.8 Å². The van der Waals surface area contributed by atoms with Gasteiger partial charge in [-0.2, -0.15) is 0 Å². The van der Waals surface area contributed by atoms with Crippen molar-refractivity contribution in [1.29, 1.82) is 0 Å². The van der Waals surface area contributed by atoms with E-state index in [4.69, 9.17) is 0 Å². The molecule has 10 aromatic rings. The molecular formula is C65H49N. The maximum atomic E-state index is 2.52. The Morgan fingerprint density at radius 2 is 0.864 bits per heavy atom. The summed E-state index contributed by atoms with van der Waals surface area (Å²) in [5.74, 6) is 0.696. The molecule has 1 saturated carbocycles. The molecule has 0 amide bonds. The average Bonchev–Trinajstić information content (AvgIpc) is 3.87. The van der Waals surface area contributed by atoms with E-state index >= 15 is 0 Å². The lowest BCUT2D eigenvalue weighted by Crippen LogP contribution is -2.26. The molecule has 0 aliphatic heterocycles. The summed E-state index contributed by atoms with van der Waals surface area (Å²) >= 11 is 0. The highest BCUT2D eigenvalue weighted by Crippen LogP contribution is 2.64. The molecule has 1 fully saturated rings. The van der Waals surface area contributed by atoms with Crippen LogP contribution in [0.5, 0.6) is 0 Å². The SMILES string of the molecule is c1ccc(-c2cccc3cccc(-c4cccc(N(c5ccc(-c6ccc(C7CCCCC7)cc6)cc5)c5cccc6c5-c5ccccc5C65c6ccccc6-c6ccccc65)c4)c23)cc1. The summed E-state index contributed by atoms with van der Waals surface area (Å²) in [5, 5.41) is 2.50. The quantitative estimate of drug-likeness (QED) is 0.154. The van der Waals surface area contributed by atoms with E-state index in [0.717, 1.165) is 11.4 Å². The van der Waals surface area contributed by atoms with Crippen LogP contribution < -0.4 is 4.90 Å². The second-order valence-corrected chi connectivity index (χ2v) is 18.6. The van der Waals surface area contributed by atoms with Crippen LogP contribution in [-0.2, 0) is 5.41 Å². The average molecular weight is 844 g/mol. The van der Waals surface area contributed by atoms with Gasteiger partial charge in [0, 0.05) is 16.9 Å². The molecule has 0 saturated heterocycles. The van der Waals surface area contributed by atoms with Crippen LogP contribution in [0.2, 0.25) is 0 Å². The largest absolute Gasteiger partial charge is 0.310 e. The van der Waals surface area contributed by atoms with E-state index in [-0.39, 0.29) is 0 Å². The summed E-state index contributed by atoms with van der Waals surface area (Å²) in [6, 6.07) is 86.6. The zero-order valence-corrected chi connectivity index (χ0v) is 37.0. The van der Waals surface area contributed by atoms with Crippen molar-refractivity contribution >= 4 is 27.8 Å². The lowest BCUT2D eigenvalue weighted by atomic mass is 9.70. The second-order valence-electron chi connectivity index (χ2n) is 18.6. The fourth-order valence-corrected chi connectivity index (χ4v) is 12.2. The van der Waals surface area contributed by atoms with Crippen molar-refractivity contribution in [1.82, 2.24) is 0 Å². The summed E-state index contributed by atoms with van der Waals surface area (Å²) in [4.78, 5) is 2.52. The Balaban J connectivity index is 1.01. The minimum atomic E-state index is -0.437. The van der Waals surface area contributed by atoms with Gasteiger partial charge in [0.15, 0.2) is 0 Å². The van der Waals surface area contributed by atoms with E-state index in [0.29, 0.717) is 5.92 Å². The third-order valence-electron chi connectivity index (χ3n) is 15.1. The number of rotatable bonds is 7. The molecular weight excluding hydrogens is 795 g/mol. The molecule has 13 rings (SSSR count). The minimum absolute atomic E-state index is 0.437. The van der Waals surface area contributed by atoms with E-state index in [1.165, 1.54) is 132 Å². The van der Waals surface area contributed by atoms with Gasteiger partial charge in [-0.05, 0) is 138 Å². The van der Waals surface area contributed by atoms with Gasteiger partial charge in [0.25, 0.3) is 0 Å². The molecule has 314 valence electrons. The fourth-order valence-electron chi connectivity index (χ4n) is 12.2. The molecule has 0 unspecified atom stereocenters. The summed E-state index contributed by atoms with van der Waals surface area (Å²) < 4.78 is 0. The van der Waals surface area contributed by atoms with Gasteiger partial charge in [-0.1, -0.05) is 219 Å². The van der Waals surface area contributed by atoms with Gasteiger partial charge >= 0.3 is 0 Å². The van der Waals surface area contributed by atoms with E-state index < -0.39 is 5.41 Å². The Morgan fingerprint density at radius 3 is 1.55 bits per heavy atom. The van der Waals surface area contributed by atoms with Crippen molar-refractivity contribution in [2.45, 2.75) is 43.4 Å². The first kappa shape index (κ1) is 38.7. The zero-order chi connectivity index (χ0) is 43.6. The molecule has 0 radical (unpaired) electrons. The predicted molar refractivity (Wildman–Crippen MR) is 277 cm³/mol.